The number of carbonyl (C=O) groups is 1. The van der Waals surface area contributed by atoms with E-state index in [9.17, 15) is 9.59 Å². The maximum atomic E-state index is 11.9. The topological polar surface area (TPSA) is 59.2 Å². The highest BCUT2D eigenvalue weighted by Crippen LogP contribution is 2.31. The molecule has 1 aromatic heterocycles. The minimum atomic E-state index is -0.311. The molecule has 0 spiro atoms. The molecule has 0 aliphatic rings. The normalized spacial score (nSPS) is 10.5. The maximum absolute atomic E-state index is 11.9. The van der Waals surface area contributed by atoms with E-state index in [0.29, 0.717) is 33.3 Å². The Morgan fingerprint density at radius 1 is 1.24 bits per heavy atom. The van der Waals surface area contributed by atoms with Gasteiger partial charge in [-0.25, -0.2) is 0 Å². The standard InChI is InChI=1S/C16H16INO3/c1-4-12-13(8-19)18-16(20)14(17)15(12)21-11-6-9(2)5-10(3)7-11/h5-8H,4H2,1-3H3,(H,18,20). The summed E-state index contributed by atoms with van der Waals surface area (Å²) in [6, 6.07) is 5.86. The number of nitrogens with one attached hydrogen (secondary N) is 1. The molecule has 0 amide bonds. The predicted octanol–water partition coefficient (Wildman–Crippen LogP) is 3.76. The highest BCUT2D eigenvalue weighted by Gasteiger charge is 2.17. The molecule has 0 unspecified atom stereocenters. The van der Waals surface area contributed by atoms with Gasteiger partial charge < -0.3 is 9.72 Å². The van der Waals surface area contributed by atoms with Gasteiger partial charge in [-0.3, -0.25) is 9.59 Å². The lowest BCUT2D eigenvalue weighted by molar-refractivity contribution is 0.111. The monoisotopic (exact) mass is 397 g/mol. The van der Waals surface area contributed by atoms with Crippen LogP contribution in [0, 0.1) is 17.4 Å². The SMILES string of the molecule is CCc1c(C=O)[nH]c(=O)c(I)c1Oc1cc(C)cc(C)c1. The van der Waals surface area contributed by atoms with Crippen LogP contribution < -0.4 is 10.3 Å². The first kappa shape index (κ1) is 15.8. The Morgan fingerprint density at radius 3 is 2.38 bits per heavy atom. The molecule has 0 saturated carbocycles. The fourth-order valence-corrected chi connectivity index (χ4v) is 2.85. The number of aromatic amines is 1. The summed E-state index contributed by atoms with van der Waals surface area (Å²) in [6.45, 7) is 5.89. The molecule has 0 aliphatic carbocycles. The van der Waals surface area contributed by atoms with Crippen LogP contribution in [0.5, 0.6) is 11.5 Å². The highest BCUT2D eigenvalue weighted by atomic mass is 127. The van der Waals surface area contributed by atoms with E-state index in [2.05, 4.69) is 4.98 Å². The van der Waals surface area contributed by atoms with Gasteiger partial charge in [-0.2, -0.15) is 0 Å². The van der Waals surface area contributed by atoms with Crippen molar-refractivity contribution in [1.82, 2.24) is 4.98 Å². The Balaban J connectivity index is 2.59. The molecule has 1 aromatic carbocycles. The third kappa shape index (κ3) is 3.34. The van der Waals surface area contributed by atoms with Crippen molar-refractivity contribution in [1.29, 1.82) is 0 Å². The van der Waals surface area contributed by atoms with Gasteiger partial charge in [-0.15, -0.1) is 0 Å². The van der Waals surface area contributed by atoms with Crippen LogP contribution in [0.3, 0.4) is 0 Å². The summed E-state index contributed by atoms with van der Waals surface area (Å²) in [5.74, 6) is 1.14. The van der Waals surface area contributed by atoms with E-state index >= 15 is 0 Å². The Hall–Kier alpha value is -1.63. The van der Waals surface area contributed by atoms with Gasteiger partial charge in [0, 0.05) is 5.56 Å². The number of hydrogen-bond donors (Lipinski definition) is 1. The molecule has 5 heteroatoms. The van der Waals surface area contributed by atoms with Crippen molar-refractivity contribution < 1.29 is 9.53 Å². The lowest BCUT2D eigenvalue weighted by Gasteiger charge is -2.14. The van der Waals surface area contributed by atoms with Gasteiger partial charge in [0.15, 0.2) is 12.0 Å². The first-order valence-corrected chi connectivity index (χ1v) is 7.70. The Labute approximate surface area is 136 Å². The summed E-state index contributed by atoms with van der Waals surface area (Å²) in [7, 11) is 0. The Morgan fingerprint density at radius 2 is 1.86 bits per heavy atom. The molecule has 2 rings (SSSR count). The number of aromatic nitrogens is 1. The van der Waals surface area contributed by atoms with E-state index in [1.54, 1.807) is 0 Å². The highest BCUT2D eigenvalue weighted by molar-refractivity contribution is 14.1. The van der Waals surface area contributed by atoms with Gasteiger partial charge in [0.1, 0.15) is 9.32 Å². The number of benzene rings is 1. The van der Waals surface area contributed by atoms with Crippen molar-refractivity contribution in [2.75, 3.05) is 0 Å². The van der Waals surface area contributed by atoms with Crippen LogP contribution in [0.15, 0.2) is 23.0 Å². The van der Waals surface area contributed by atoms with E-state index in [4.69, 9.17) is 4.74 Å². The molecule has 1 heterocycles. The molecule has 0 atom stereocenters. The molecule has 1 N–H and O–H groups in total. The second kappa shape index (κ2) is 6.43. The number of rotatable bonds is 4. The number of aldehydes is 1. The van der Waals surface area contributed by atoms with Gasteiger partial charge in [0.05, 0.1) is 5.69 Å². The van der Waals surface area contributed by atoms with Crippen molar-refractivity contribution in [3.8, 4) is 11.5 Å². The Bertz CT molecular complexity index is 730. The third-order valence-electron chi connectivity index (χ3n) is 3.13. The first-order valence-electron chi connectivity index (χ1n) is 6.62. The molecular weight excluding hydrogens is 381 g/mol. The zero-order valence-electron chi connectivity index (χ0n) is 12.1. The van der Waals surface area contributed by atoms with Crippen LogP contribution in [0.4, 0.5) is 0 Å². The zero-order chi connectivity index (χ0) is 15.6. The van der Waals surface area contributed by atoms with Crippen LogP contribution in [0.1, 0.15) is 34.1 Å². The molecule has 4 nitrogen and oxygen atoms in total. The van der Waals surface area contributed by atoms with Crippen molar-refractivity contribution in [3.05, 3.63) is 54.5 Å². The number of carbonyl (C=O) groups excluding carboxylic acids is 1. The van der Waals surface area contributed by atoms with Gasteiger partial charge in [0.2, 0.25) is 0 Å². The van der Waals surface area contributed by atoms with Crippen LogP contribution in [-0.4, -0.2) is 11.3 Å². The summed E-state index contributed by atoms with van der Waals surface area (Å²) in [5, 5.41) is 0. The molecular formula is C16H16INO3. The number of pyridine rings is 1. The average molecular weight is 397 g/mol. The lowest BCUT2D eigenvalue weighted by Crippen LogP contribution is -2.16. The van der Waals surface area contributed by atoms with Gasteiger partial charge in [-0.1, -0.05) is 13.0 Å². The molecule has 21 heavy (non-hydrogen) atoms. The van der Waals surface area contributed by atoms with Gasteiger partial charge >= 0.3 is 0 Å². The number of ether oxygens (including phenoxy) is 1. The van der Waals surface area contributed by atoms with E-state index in [0.717, 1.165) is 11.1 Å². The molecule has 0 fully saturated rings. The van der Waals surface area contributed by atoms with Gasteiger partial charge in [0.25, 0.3) is 5.56 Å². The smallest absolute Gasteiger partial charge is 0.265 e. The number of aryl methyl sites for hydroxylation is 2. The average Bonchev–Trinajstić information content (AvgIpc) is 2.42. The first-order chi connectivity index (χ1) is 9.96. The number of hydrogen-bond acceptors (Lipinski definition) is 3. The quantitative estimate of drug-likeness (QED) is 0.632. The minimum absolute atomic E-state index is 0.280. The van der Waals surface area contributed by atoms with Crippen molar-refractivity contribution >= 4 is 28.9 Å². The van der Waals surface area contributed by atoms with Crippen molar-refractivity contribution in [3.63, 3.8) is 0 Å². The second-order valence-corrected chi connectivity index (χ2v) is 5.97. The molecule has 2 aromatic rings. The Kier molecular flexibility index (Phi) is 4.82. The number of H-pyrrole nitrogens is 1. The third-order valence-corrected chi connectivity index (χ3v) is 4.11. The van der Waals surface area contributed by atoms with E-state index in [1.165, 1.54) is 0 Å². The van der Waals surface area contributed by atoms with E-state index < -0.39 is 0 Å². The predicted molar refractivity (Wildman–Crippen MR) is 90.5 cm³/mol. The van der Waals surface area contributed by atoms with Crippen LogP contribution in [0.25, 0.3) is 0 Å². The molecule has 0 aliphatic heterocycles. The maximum Gasteiger partial charge on any atom is 0.265 e. The molecule has 0 radical (unpaired) electrons. The summed E-state index contributed by atoms with van der Waals surface area (Å²) in [4.78, 5) is 25.6. The zero-order valence-corrected chi connectivity index (χ0v) is 14.3. The summed E-state index contributed by atoms with van der Waals surface area (Å²) < 4.78 is 6.38. The van der Waals surface area contributed by atoms with Crippen LogP contribution >= 0.6 is 22.6 Å². The summed E-state index contributed by atoms with van der Waals surface area (Å²) in [6.07, 6.45) is 1.26. The van der Waals surface area contributed by atoms with Crippen LogP contribution in [0.2, 0.25) is 0 Å². The fraction of sp³-hybridized carbons (Fsp3) is 0.250. The minimum Gasteiger partial charge on any atom is -0.456 e. The van der Waals surface area contributed by atoms with Gasteiger partial charge in [-0.05, 0) is 66.1 Å². The fourth-order valence-electron chi connectivity index (χ4n) is 2.28. The molecule has 110 valence electrons. The summed E-state index contributed by atoms with van der Waals surface area (Å²) >= 11 is 1.95. The molecule has 0 saturated heterocycles. The lowest BCUT2D eigenvalue weighted by atomic mass is 10.1. The molecule has 0 bridgehead atoms. The number of halogens is 1. The second-order valence-electron chi connectivity index (χ2n) is 4.89. The largest absolute Gasteiger partial charge is 0.456 e. The van der Waals surface area contributed by atoms with E-state index in [-0.39, 0.29) is 11.3 Å². The van der Waals surface area contributed by atoms with Crippen LogP contribution in [-0.2, 0) is 6.42 Å². The van der Waals surface area contributed by atoms with Crippen molar-refractivity contribution in [2.24, 2.45) is 0 Å². The summed E-state index contributed by atoms with van der Waals surface area (Å²) in [5.41, 5.74) is 2.85. The van der Waals surface area contributed by atoms with Crippen molar-refractivity contribution in [2.45, 2.75) is 27.2 Å². The van der Waals surface area contributed by atoms with E-state index in [1.807, 2.05) is 61.6 Å².